The Labute approximate surface area is 105 Å². The molecule has 4 nitrogen and oxygen atoms in total. The average Bonchev–Trinajstić information content (AvgIpc) is 2.84. The van der Waals surface area contributed by atoms with Crippen LogP contribution >= 0.6 is 0 Å². The van der Waals surface area contributed by atoms with Crippen molar-refractivity contribution in [1.29, 1.82) is 0 Å². The minimum atomic E-state index is -0.399. The molecule has 92 valence electrons. The Hall–Kier alpha value is -1.94. The molecule has 0 bridgehead atoms. The highest BCUT2D eigenvalue weighted by atomic mass is 16.3. The van der Waals surface area contributed by atoms with Crippen LogP contribution in [0, 0.1) is 0 Å². The highest BCUT2D eigenvalue weighted by Crippen LogP contribution is 2.19. The van der Waals surface area contributed by atoms with Gasteiger partial charge in [-0.1, -0.05) is 24.3 Å². The van der Waals surface area contributed by atoms with Crippen LogP contribution in [0.3, 0.4) is 0 Å². The number of hydrogen-bond donors (Lipinski definition) is 1. The van der Waals surface area contributed by atoms with E-state index in [-0.39, 0.29) is 5.91 Å². The molecular formula is C14H14N2O2. The maximum atomic E-state index is 12.4. The normalized spacial score (nSPS) is 19.4. The zero-order valence-electron chi connectivity index (χ0n) is 9.91. The first-order chi connectivity index (χ1) is 8.75. The molecule has 0 spiro atoms. The molecule has 1 aliphatic heterocycles. The van der Waals surface area contributed by atoms with Crippen LogP contribution in [0.4, 0.5) is 0 Å². The zero-order valence-corrected chi connectivity index (χ0v) is 9.91. The monoisotopic (exact) mass is 242 g/mol. The molecule has 1 atom stereocenters. The van der Waals surface area contributed by atoms with Crippen LogP contribution < -0.4 is 0 Å². The number of rotatable bonds is 1. The van der Waals surface area contributed by atoms with Crippen LogP contribution in [0.1, 0.15) is 16.9 Å². The molecule has 18 heavy (non-hydrogen) atoms. The van der Waals surface area contributed by atoms with E-state index < -0.39 is 6.10 Å². The first-order valence-corrected chi connectivity index (χ1v) is 6.07. The van der Waals surface area contributed by atoms with Gasteiger partial charge < -0.3 is 10.0 Å². The molecule has 1 amide bonds. The van der Waals surface area contributed by atoms with E-state index in [1.54, 1.807) is 11.1 Å². The summed E-state index contributed by atoms with van der Waals surface area (Å²) in [6, 6.07) is 9.61. The fraction of sp³-hybridized carbons (Fsp3) is 0.286. The maximum Gasteiger partial charge on any atom is 0.273 e. The van der Waals surface area contributed by atoms with Gasteiger partial charge >= 0.3 is 0 Å². The highest BCUT2D eigenvalue weighted by molar-refractivity contribution is 6.05. The van der Waals surface area contributed by atoms with E-state index >= 15 is 0 Å². The van der Waals surface area contributed by atoms with E-state index in [4.69, 9.17) is 0 Å². The highest BCUT2D eigenvalue weighted by Gasteiger charge is 2.26. The van der Waals surface area contributed by atoms with Crippen LogP contribution in [0.5, 0.6) is 0 Å². The molecule has 0 radical (unpaired) electrons. The fourth-order valence-electron chi connectivity index (χ4n) is 2.37. The number of aliphatic hydroxyl groups is 1. The second kappa shape index (κ2) is 4.38. The van der Waals surface area contributed by atoms with Gasteiger partial charge in [0.05, 0.1) is 6.10 Å². The number of likely N-dealkylation sites (tertiary alicyclic amines) is 1. The van der Waals surface area contributed by atoms with Crippen LogP contribution in [-0.2, 0) is 0 Å². The summed E-state index contributed by atoms with van der Waals surface area (Å²) in [5, 5.41) is 11.4. The number of benzene rings is 1. The van der Waals surface area contributed by atoms with E-state index in [1.165, 1.54) is 0 Å². The molecule has 0 unspecified atom stereocenters. The topological polar surface area (TPSA) is 53.4 Å². The minimum absolute atomic E-state index is 0.0941. The number of carbonyl (C=O) groups excluding carboxylic acids is 1. The second-order valence-corrected chi connectivity index (χ2v) is 4.57. The third-order valence-electron chi connectivity index (χ3n) is 3.33. The van der Waals surface area contributed by atoms with Crippen molar-refractivity contribution in [3.05, 3.63) is 42.2 Å². The van der Waals surface area contributed by atoms with Gasteiger partial charge in [0.15, 0.2) is 0 Å². The standard InChI is InChI=1S/C14H14N2O2/c17-11-6-8-16(9-11)14(18)13-12-4-2-1-3-10(12)5-7-15-13/h1-5,7,11,17H,6,8-9H2/t11-/m1/s1. The van der Waals surface area contributed by atoms with Crippen molar-refractivity contribution in [3.63, 3.8) is 0 Å². The van der Waals surface area contributed by atoms with E-state index in [2.05, 4.69) is 4.98 Å². The van der Waals surface area contributed by atoms with Gasteiger partial charge in [0.1, 0.15) is 5.69 Å². The smallest absolute Gasteiger partial charge is 0.273 e. The predicted octanol–water partition coefficient (Wildman–Crippen LogP) is 1.44. The molecule has 1 fully saturated rings. The summed E-state index contributed by atoms with van der Waals surface area (Å²) in [6.07, 6.45) is 1.90. The summed E-state index contributed by atoms with van der Waals surface area (Å²) >= 11 is 0. The third-order valence-corrected chi connectivity index (χ3v) is 3.33. The summed E-state index contributed by atoms with van der Waals surface area (Å²) in [5.41, 5.74) is 0.474. The van der Waals surface area contributed by atoms with Gasteiger partial charge in [-0.2, -0.15) is 0 Å². The number of aliphatic hydroxyl groups excluding tert-OH is 1. The predicted molar refractivity (Wildman–Crippen MR) is 68.3 cm³/mol. The summed E-state index contributed by atoms with van der Waals surface area (Å²) < 4.78 is 0. The van der Waals surface area contributed by atoms with Crippen LogP contribution in [0.2, 0.25) is 0 Å². The van der Waals surface area contributed by atoms with E-state index in [1.807, 2.05) is 30.3 Å². The van der Waals surface area contributed by atoms with Gasteiger partial charge in [-0.05, 0) is 17.9 Å². The second-order valence-electron chi connectivity index (χ2n) is 4.57. The molecule has 1 aromatic heterocycles. The first-order valence-electron chi connectivity index (χ1n) is 6.07. The maximum absolute atomic E-state index is 12.4. The number of fused-ring (bicyclic) bond motifs is 1. The zero-order chi connectivity index (χ0) is 12.5. The molecule has 0 aliphatic carbocycles. The van der Waals surface area contributed by atoms with Crippen LogP contribution in [0.15, 0.2) is 36.5 Å². The van der Waals surface area contributed by atoms with Crippen molar-refractivity contribution in [2.45, 2.75) is 12.5 Å². The van der Waals surface area contributed by atoms with Gasteiger partial charge in [0, 0.05) is 24.7 Å². The van der Waals surface area contributed by atoms with Gasteiger partial charge in [0.2, 0.25) is 0 Å². The summed E-state index contributed by atoms with van der Waals surface area (Å²) in [7, 11) is 0. The Bertz CT molecular complexity index is 592. The van der Waals surface area contributed by atoms with Gasteiger partial charge in [-0.15, -0.1) is 0 Å². The first kappa shape index (κ1) is 11.2. The molecule has 1 aliphatic rings. The van der Waals surface area contributed by atoms with Crippen molar-refractivity contribution < 1.29 is 9.90 Å². The summed E-state index contributed by atoms with van der Waals surface area (Å²) in [5.74, 6) is -0.0941. The molecule has 1 N–H and O–H groups in total. The Morgan fingerprint density at radius 1 is 1.33 bits per heavy atom. The molecule has 0 saturated carbocycles. The van der Waals surface area contributed by atoms with Crippen molar-refractivity contribution in [1.82, 2.24) is 9.88 Å². The van der Waals surface area contributed by atoms with Crippen molar-refractivity contribution in [2.24, 2.45) is 0 Å². The Kier molecular flexibility index (Phi) is 2.72. The average molecular weight is 242 g/mol. The lowest BCUT2D eigenvalue weighted by Gasteiger charge is -2.15. The number of hydrogen-bond acceptors (Lipinski definition) is 3. The minimum Gasteiger partial charge on any atom is -0.391 e. The van der Waals surface area contributed by atoms with E-state index in [0.29, 0.717) is 25.2 Å². The van der Waals surface area contributed by atoms with Crippen LogP contribution in [-0.4, -0.2) is 40.1 Å². The largest absolute Gasteiger partial charge is 0.391 e. The number of pyridine rings is 1. The number of amides is 1. The quantitative estimate of drug-likeness (QED) is 0.823. The number of carbonyl (C=O) groups is 1. The van der Waals surface area contributed by atoms with E-state index in [0.717, 1.165) is 10.8 Å². The van der Waals surface area contributed by atoms with Crippen LogP contribution in [0.25, 0.3) is 10.8 Å². The molecule has 2 aromatic rings. The molecule has 3 rings (SSSR count). The van der Waals surface area contributed by atoms with Crippen molar-refractivity contribution >= 4 is 16.7 Å². The SMILES string of the molecule is O=C(c1nccc2ccccc12)N1CC[C@@H](O)C1. The molecule has 1 aromatic carbocycles. The Balaban J connectivity index is 2.01. The number of β-amino-alcohol motifs (C(OH)–C–C–N with tert-alkyl or cyclic N) is 1. The Morgan fingerprint density at radius 2 is 2.17 bits per heavy atom. The van der Waals surface area contributed by atoms with E-state index in [9.17, 15) is 9.90 Å². The van der Waals surface area contributed by atoms with Crippen molar-refractivity contribution in [2.75, 3.05) is 13.1 Å². The number of nitrogens with zero attached hydrogens (tertiary/aromatic N) is 2. The molecule has 4 heteroatoms. The van der Waals surface area contributed by atoms with Gasteiger partial charge in [-0.25, -0.2) is 0 Å². The third kappa shape index (κ3) is 1.84. The lowest BCUT2D eigenvalue weighted by Crippen LogP contribution is -2.30. The number of aromatic nitrogens is 1. The van der Waals surface area contributed by atoms with Crippen molar-refractivity contribution in [3.8, 4) is 0 Å². The fourth-order valence-corrected chi connectivity index (χ4v) is 2.37. The molecule has 1 saturated heterocycles. The summed E-state index contributed by atoms with van der Waals surface area (Å²) in [6.45, 7) is 1.01. The molecular weight excluding hydrogens is 228 g/mol. The Morgan fingerprint density at radius 3 is 2.94 bits per heavy atom. The lowest BCUT2D eigenvalue weighted by molar-refractivity contribution is 0.0761. The van der Waals surface area contributed by atoms with Gasteiger partial charge in [-0.3, -0.25) is 9.78 Å². The lowest BCUT2D eigenvalue weighted by atomic mass is 10.1. The summed E-state index contributed by atoms with van der Waals surface area (Å²) in [4.78, 5) is 18.2. The molecule has 2 heterocycles. The van der Waals surface area contributed by atoms with Gasteiger partial charge in [0.25, 0.3) is 5.91 Å².